The van der Waals surface area contributed by atoms with Crippen molar-refractivity contribution in [1.29, 1.82) is 0 Å². The van der Waals surface area contributed by atoms with Crippen LogP contribution in [-0.4, -0.2) is 43.3 Å². The summed E-state index contributed by atoms with van der Waals surface area (Å²) in [4.78, 5) is 29.6. The van der Waals surface area contributed by atoms with Gasteiger partial charge in [0.1, 0.15) is 23.7 Å². The summed E-state index contributed by atoms with van der Waals surface area (Å²) in [7, 11) is 0. The number of aromatic nitrogens is 4. The Balaban J connectivity index is 1.47. The third-order valence-electron chi connectivity index (χ3n) is 4.12. The molecule has 1 saturated heterocycles. The predicted octanol–water partition coefficient (Wildman–Crippen LogP) is 1.70. The van der Waals surface area contributed by atoms with Gasteiger partial charge in [0.15, 0.2) is 11.5 Å². The van der Waals surface area contributed by atoms with E-state index in [1.807, 2.05) is 0 Å². The van der Waals surface area contributed by atoms with Crippen LogP contribution in [0.5, 0.6) is 0 Å². The highest BCUT2D eigenvalue weighted by Gasteiger charge is 2.32. The lowest BCUT2D eigenvalue weighted by molar-refractivity contribution is -0.128. The number of imidazole rings is 1. The minimum absolute atomic E-state index is 0.00519. The van der Waals surface area contributed by atoms with Crippen LogP contribution >= 0.6 is 0 Å². The van der Waals surface area contributed by atoms with Crippen molar-refractivity contribution in [3.8, 4) is 0 Å². The van der Waals surface area contributed by atoms with Gasteiger partial charge in [0, 0.05) is 13.1 Å². The first-order valence-electron chi connectivity index (χ1n) is 7.64. The van der Waals surface area contributed by atoms with Gasteiger partial charge in [0.2, 0.25) is 5.91 Å². The average Bonchev–Trinajstić information content (AvgIpc) is 3.19. The number of likely N-dealkylation sites (tertiary alicyclic amines) is 1. The third kappa shape index (κ3) is 2.66. The molecule has 4 rings (SSSR count). The molecule has 2 N–H and O–H groups in total. The number of nitrogens with zero attached hydrogens (tertiary/aromatic N) is 4. The first kappa shape index (κ1) is 14.6. The third-order valence-corrected chi connectivity index (χ3v) is 4.12. The normalized spacial score (nSPS) is 17.6. The molecular formula is C16H15FN6O. The summed E-state index contributed by atoms with van der Waals surface area (Å²) >= 11 is 0. The van der Waals surface area contributed by atoms with Crippen molar-refractivity contribution < 1.29 is 9.18 Å². The molecule has 24 heavy (non-hydrogen) atoms. The van der Waals surface area contributed by atoms with Gasteiger partial charge in [0.05, 0.1) is 6.33 Å². The molecule has 122 valence electrons. The fourth-order valence-electron chi connectivity index (χ4n) is 2.88. The van der Waals surface area contributed by atoms with Crippen molar-refractivity contribution in [2.75, 3.05) is 11.9 Å². The molecule has 1 fully saturated rings. The number of benzene rings is 1. The number of anilines is 1. The zero-order valence-corrected chi connectivity index (χ0v) is 12.7. The Bertz CT molecular complexity index is 878. The first-order valence-corrected chi connectivity index (χ1v) is 7.64. The minimum Gasteiger partial charge on any atom is -0.356 e. The Morgan fingerprint density at radius 2 is 2.08 bits per heavy atom. The molecule has 3 heterocycles. The predicted molar refractivity (Wildman–Crippen MR) is 85.5 cm³/mol. The Hall–Kier alpha value is -3.03. The molecule has 1 amide bonds. The van der Waals surface area contributed by atoms with Gasteiger partial charge in [-0.2, -0.15) is 0 Å². The molecule has 1 atom stereocenters. The summed E-state index contributed by atoms with van der Waals surface area (Å²) in [6.07, 6.45) is 3.64. The van der Waals surface area contributed by atoms with E-state index in [0.717, 1.165) is 5.56 Å². The van der Waals surface area contributed by atoms with Gasteiger partial charge in [-0.25, -0.2) is 19.3 Å². The molecule has 3 aromatic rings. The van der Waals surface area contributed by atoms with Crippen LogP contribution in [0.15, 0.2) is 36.9 Å². The molecule has 0 spiro atoms. The topological polar surface area (TPSA) is 86.8 Å². The van der Waals surface area contributed by atoms with Crippen LogP contribution in [0.1, 0.15) is 12.0 Å². The summed E-state index contributed by atoms with van der Waals surface area (Å²) in [6.45, 7) is 1.12. The fraction of sp³-hybridized carbons (Fsp3) is 0.250. The highest BCUT2D eigenvalue weighted by atomic mass is 19.1. The Morgan fingerprint density at radius 3 is 2.92 bits per heavy atom. The molecule has 1 aromatic carbocycles. The van der Waals surface area contributed by atoms with E-state index < -0.39 is 0 Å². The molecular weight excluding hydrogens is 311 g/mol. The number of carbonyl (C=O) groups is 1. The van der Waals surface area contributed by atoms with Gasteiger partial charge in [0.25, 0.3) is 0 Å². The summed E-state index contributed by atoms with van der Waals surface area (Å²) in [5, 5.41) is 3.17. The van der Waals surface area contributed by atoms with Gasteiger partial charge >= 0.3 is 0 Å². The van der Waals surface area contributed by atoms with Crippen LogP contribution in [-0.2, 0) is 11.3 Å². The molecule has 7 nitrogen and oxygen atoms in total. The lowest BCUT2D eigenvalue weighted by atomic mass is 10.2. The van der Waals surface area contributed by atoms with E-state index in [0.29, 0.717) is 36.5 Å². The van der Waals surface area contributed by atoms with Crippen molar-refractivity contribution in [2.24, 2.45) is 0 Å². The van der Waals surface area contributed by atoms with Crippen molar-refractivity contribution in [2.45, 2.75) is 19.0 Å². The lowest BCUT2D eigenvalue weighted by Crippen LogP contribution is -2.33. The molecule has 8 heteroatoms. The van der Waals surface area contributed by atoms with Crippen molar-refractivity contribution in [1.82, 2.24) is 24.8 Å². The standard InChI is InChI=1S/C16H15FN6O/c17-11-3-1-10(2-4-11)7-23-6-5-12(16(23)24)22-15-13-14(19-8-18-13)20-9-21-15/h1-4,8-9,12H,5-7H2,(H2,18,19,20,21,22). The van der Waals surface area contributed by atoms with E-state index in [1.165, 1.54) is 18.5 Å². The second-order valence-corrected chi connectivity index (χ2v) is 5.70. The van der Waals surface area contributed by atoms with E-state index in [2.05, 4.69) is 25.3 Å². The van der Waals surface area contributed by atoms with Crippen LogP contribution in [0.4, 0.5) is 10.2 Å². The second-order valence-electron chi connectivity index (χ2n) is 5.70. The van der Waals surface area contributed by atoms with E-state index in [-0.39, 0.29) is 17.8 Å². The minimum atomic E-state index is -0.341. The van der Waals surface area contributed by atoms with Crippen molar-refractivity contribution in [3.63, 3.8) is 0 Å². The number of aromatic amines is 1. The van der Waals surface area contributed by atoms with Gasteiger partial charge in [-0.15, -0.1) is 0 Å². The molecule has 1 unspecified atom stereocenters. The number of amides is 1. The fourth-order valence-corrected chi connectivity index (χ4v) is 2.88. The van der Waals surface area contributed by atoms with Crippen molar-refractivity contribution in [3.05, 3.63) is 48.3 Å². The Kier molecular flexibility index (Phi) is 3.56. The van der Waals surface area contributed by atoms with Crippen LogP contribution < -0.4 is 5.32 Å². The van der Waals surface area contributed by atoms with E-state index in [9.17, 15) is 9.18 Å². The van der Waals surface area contributed by atoms with Gasteiger partial charge in [-0.1, -0.05) is 12.1 Å². The number of fused-ring (bicyclic) bond motifs is 1. The van der Waals surface area contributed by atoms with E-state index in [1.54, 1.807) is 23.4 Å². The van der Waals surface area contributed by atoms with Crippen LogP contribution in [0.3, 0.4) is 0 Å². The largest absolute Gasteiger partial charge is 0.356 e. The molecule has 0 bridgehead atoms. The number of H-pyrrole nitrogens is 1. The second kappa shape index (κ2) is 5.88. The summed E-state index contributed by atoms with van der Waals surface area (Å²) in [5.41, 5.74) is 2.15. The highest BCUT2D eigenvalue weighted by Crippen LogP contribution is 2.21. The lowest BCUT2D eigenvalue weighted by Gasteiger charge is -2.17. The van der Waals surface area contributed by atoms with E-state index >= 15 is 0 Å². The molecule has 0 aliphatic carbocycles. The molecule has 1 aliphatic rings. The monoisotopic (exact) mass is 326 g/mol. The zero-order valence-electron chi connectivity index (χ0n) is 12.7. The quantitative estimate of drug-likeness (QED) is 0.762. The highest BCUT2D eigenvalue weighted by molar-refractivity contribution is 5.89. The first-order chi connectivity index (χ1) is 11.7. The number of halogens is 1. The number of rotatable bonds is 4. The number of nitrogens with one attached hydrogen (secondary N) is 2. The maximum atomic E-state index is 13.0. The average molecular weight is 326 g/mol. The number of hydrogen-bond donors (Lipinski definition) is 2. The zero-order chi connectivity index (χ0) is 16.5. The van der Waals surface area contributed by atoms with Crippen LogP contribution in [0.25, 0.3) is 11.2 Å². The van der Waals surface area contributed by atoms with Crippen LogP contribution in [0, 0.1) is 5.82 Å². The summed E-state index contributed by atoms with van der Waals surface area (Å²) in [6, 6.07) is 5.86. The summed E-state index contributed by atoms with van der Waals surface area (Å²) in [5.74, 6) is 0.295. The maximum Gasteiger partial charge on any atom is 0.245 e. The number of hydrogen-bond acceptors (Lipinski definition) is 5. The number of carbonyl (C=O) groups excluding carboxylic acids is 1. The summed E-state index contributed by atoms with van der Waals surface area (Å²) < 4.78 is 13.0. The Morgan fingerprint density at radius 1 is 1.25 bits per heavy atom. The Labute approximate surface area is 136 Å². The maximum absolute atomic E-state index is 13.0. The van der Waals surface area contributed by atoms with Gasteiger partial charge < -0.3 is 15.2 Å². The molecule has 0 saturated carbocycles. The van der Waals surface area contributed by atoms with Gasteiger partial charge in [-0.05, 0) is 24.1 Å². The smallest absolute Gasteiger partial charge is 0.245 e. The van der Waals surface area contributed by atoms with Gasteiger partial charge in [-0.3, -0.25) is 4.79 Å². The SMILES string of the molecule is O=C1C(Nc2ncnc3nc[nH]c23)CCN1Cc1ccc(F)cc1. The molecule has 2 aromatic heterocycles. The van der Waals surface area contributed by atoms with Crippen molar-refractivity contribution >= 4 is 22.9 Å². The molecule has 0 radical (unpaired) electrons. The van der Waals surface area contributed by atoms with Crippen LogP contribution in [0.2, 0.25) is 0 Å². The molecule has 1 aliphatic heterocycles. The van der Waals surface area contributed by atoms with E-state index in [4.69, 9.17) is 0 Å².